The van der Waals surface area contributed by atoms with Crippen LogP contribution in [0.1, 0.15) is 52.3 Å². The van der Waals surface area contributed by atoms with Crippen molar-refractivity contribution >= 4 is 28.3 Å². The van der Waals surface area contributed by atoms with E-state index in [1.165, 1.54) is 24.4 Å². The molecule has 0 bridgehead atoms. The van der Waals surface area contributed by atoms with E-state index in [9.17, 15) is 0 Å². The van der Waals surface area contributed by atoms with Gasteiger partial charge in [-0.3, -0.25) is 0 Å². The number of nitrogens with zero attached hydrogens (tertiary/aromatic N) is 2. The lowest BCUT2D eigenvalue weighted by Crippen LogP contribution is -2.37. The minimum atomic E-state index is 0.0141. The maximum Gasteiger partial charge on any atom is 0.203 e. The SMILES string of the molecule is CC(C)(C)c1nsc(NC2(CCl)CCCC2)n1. The van der Waals surface area contributed by atoms with Crippen LogP contribution in [0.4, 0.5) is 5.13 Å². The van der Waals surface area contributed by atoms with Gasteiger partial charge in [0.05, 0.1) is 5.54 Å². The fraction of sp³-hybridized carbons (Fsp3) is 0.833. The van der Waals surface area contributed by atoms with Gasteiger partial charge in [-0.05, 0) is 12.8 Å². The molecule has 1 heterocycles. The summed E-state index contributed by atoms with van der Waals surface area (Å²) in [6.45, 7) is 6.39. The third-order valence-electron chi connectivity index (χ3n) is 3.29. The van der Waals surface area contributed by atoms with E-state index in [0.717, 1.165) is 23.8 Å². The second-order valence-electron chi connectivity index (χ2n) is 5.92. The lowest BCUT2D eigenvalue weighted by molar-refractivity contribution is 0.533. The van der Waals surface area contributed by atoms with Gasteiger partial charge >= 0.3 is 0 Å². The van der Waals surface area contributed by atoms with E-state index in [4.69, 9.17) is 11.6 Å². The van der Waals surface area contributed by atoms with Gasteiger partial charge in [-0.1, -0.05) is 33.6 Å². The van der Waals surface area contributed by atoms with Crippen molar-refractivity contribution in [3.8, 4) is 0 Å². The predicted octanol–water partition coefficient (Wildman–Crippen LogP) is 3.80. The largest absolute Gasteiger partial charge is 0.354 e. The molecule has 0 aliphatic heterocycles. The Balaban J connectivity index is 2.11. The summed E-state index contributed by atoms with van der Waals surface area (Å²) in [5.74, 6) is 1.56. The highest BCUT2D eigenvalue weighted by Crippen LogP contribution is 2.35. The molecule has 0 unspecified atom stereocenters. The summed E-state index contributed by atoms with van der Waals surface area (Å²) in [7, 11) is 0. The van der Waals surface area contributed by atoms with Gasteiger partial charge in [0.2, 0.25) is 5.13 Å². The third-order valence-corrected chi connectivity index (χ3v) is 4.43. The first kappa shape index (κ1) is 13.1. The molecule has 2 rings (SSSR count). The number of rotatable bonds is 3. The summed E-state index contributed by atoms with van der Waals surface area (Å²) >= 11 is 7.55. The molecule has 0 amide bonds. The molecule has 0 aromatic carbocycles. The lowest BCUT2D eigenvalue weighted by atomic mass is 9.96. The van der Waals surface area contributed by atoms with Crippen molar-refractivity contribution in [1.29, 1.82) is 0 Å². The highest BCUT2D eigenvalue weighted by Gasteiger charge is 2.34. The molecule has 5 heteroatoms. The van der Waals surface area contributed by atoms with Crippen molar-refractivity contribution in [2.24, 2.45) is 0 Å². The van der Waals surface area contributed by atoms with Crippen LogP contribution in [0.25, 0.3) is 0 Å². The van der Waals surface area contributed by atoms with Crippen LogP contribution >= 0.6 is 23.1 Å². The second kappa shape index (κ2) is 4.73. The van der Waals surface area contributed by atoms with E-state index in [-0.39, 0.29) is 11.0 Å². The van der Waals surface area contributed by atoms with E-state index in [1.54, 1.807) is 0 Å². The Morgan fingerprint density at radius 3 is 2.47 bits per heavy atom. The summed E-state index contributed by atoms with van der Waals surface area (Å²) in [6.07, 6.45) is 4.79. The van der Waals surface area contributed by atoms with E-state index < -0.39 is 0 Å². The van der Waals surface area contributed by atoms with Gasteiger partial charge in [-0.2, -0.15) is 4.37 Å². The maximum atomic E-state index is 6.11. The molecule has 1 aliphatic rings. The standard InChI is InChI=1S/C12H20ClN3S/c1-11(2,3)9-14-10(17-16-9)15-12(8-13)6-4-5-7-12/h4-8H2,1-3H3,(H,14,15,16). The number of halogens is 1. The molecule has 1 fully saturated rings. The first-order valence-corrected chi connectivity index (χ1v) is 7.44. The molecule has 1 aromatic heterocycles. The van der Waals surface area contributed by atoms with Crippen molar-refractivity contribution in [2.45, 2.75) is 57.4 Å². The molecule has 1 saturated carbocycles. The van der Waals surface area contributed by atoms with Crippen molar-refractivity contribution < 1.29 is 0 Å². The monoisotopic (exact) mass is 273 g/mol. The number of hydrogen-bond donors (Lipinski definition) is 1. The fourth-order valence-corrected chi connectivity index (χ4v) is 3.36. The first-order valence-electron chi connectivity index (χ1n) is 6.14. The summed E-state index contributed by atoms with van der Waals surface area (Å²) in [5, 5.41) is 4.42. The normalized spacial score (nSPS) is 19.5. The number of nitrogens with one attached hydrogen (secondary N) is 1. The third kappa shape index (κ3) is 2.91. The number of hydrogen-bond acceptors (Lipinski definition) is 4. The van der Waals surface area contributed by atoms with E-state index in [0.29, 0.717) is 5.88 Å². The quantitative estimate of drug-likeness (QED) is 0.852. The fourth-order valence-electron chi connectivity index (χ4n) is 2.15. The van der Waals surface area contributed by atoms with Crippen molar-refractivity contribution in [1.82, 2.24) is 9.36 Å². The highest BCUT2D eigenvalue weighted by atomic mass is 35.5. The zero-order chi connectivity index (χ0) is 12.5. The molecule has 1 aliphatic carbocycles. The maximum absolute atomic E-state index is 6.11. The van der Waals surface area contributed by atoms with Gasteiger partial charge in [0.25, 0.3) is 0 Å². The zero-order valence-electron chi connectivity index (χ0n) is 10.7. The second-order valence-corrected chi connectivity index (χ2v) is 6.94. The minimum absolute atomic E-state index is 0.0141. The average molecular weight is 274 g/mol. The Hall–Kier alpha value is -0.350. The van der Waals surface area contributed by atoms with E-state index >= 15 is 0 Å². The van der Waals surface area contributed by atoms with Gasteiger partial charge in [0.15, 0.2) is 0 Å². The van der Waals surface area contributed by atoms with E-state index in [2.05, 4.69) is 35.4 Å². The van der Waals surface area contributed by atoms with Crippen LogP contribution in [-0.2, 0) is 5.41 Å². The van der Waals surface area contributed by atoms with Crippen LogP contribution in [0, 0.1) is 0 Å². The van der Waals surface area contributed by atoms with Crippen LogP contribution in [0.15, 0.2) is 0 Å². The smallest absolute Gasteiger partial charge is 0.203 e. The first-order chi connectivity index (χ1) is 7.95. The number of alkyl halides is 1. The van der Waals surface area contributed by atoms with Gasteiger partial charge in [0, 0.05) is 22.8 Å². The number of anilines is 1. The molecule has 0 atom stereocenters. The number of aromatic nitrogens is 2. The summed E-state index contributed by atoms with van der Waals surface area (Å²) in [5.41, 5.74) is 0.0659. The van der Waals surface area contributed by atoms with Gasteiger partial charge in [-0.25, -0.2) is 4.98 Å². The van der Waals surface area contributed by atoms with Crippen molar-refractivity contribution in [3.05, 3.63) is 5.82 Å². The Morgan fingerprint density at radius 1 is 1.35 bits per heavy atom. The zero-order valence-corrected chi connectivity index (χ0v) is 12.3. The molecule has 1 N–H and O–H groups in total. The Labute approximate surface area is 112 Å². The predicted molar refractivity (Wildman–Crippen MR) is 74.2 cm³/mol. The van der Waals surface area contributed by atoms with Crippen LogP contribution in [0.3, 0.4) is 0 Å². The lowest BCUT2D eigenvalue weighted by Gasteiger charge is -2.27. The molecule has 1 aromatic rings. The molecular formula is C12H20ClN3S. The molecule has 0 saturated heterocycles. The molecule has 0 spiro atoms. The Bertz CT molecular complexity index is 377. The molecule has 0 radical (unpaired) electrons. The molecule has 3 nitrogen and oxygen atoms in total. The molecule has 17 heavy (non-hydrogen) atoms. The summed E-state index contributed by atoms with van der Waals surface area (Å²) in [4.78, 5) is 4.58. The molecule has 96 valence electrons. The van der Waals surface area contributed by atoms with Gasteiger partial charge in [-0.15, -0.1) is 11.6 Å². The van der Waals surface area contributed by atoms with E-state index in [1.807, 2.05) is 0 Å². The minimum Gasteiger partial charge on any atom is -0.354 e. The van der Waals surface area contributed by atoms with Crippen LogP contribution in [0.5, 0.6) is 0 Å². The summed E-state index contributed by atoms with van der Waals surface area (Å²) < 4.78 is 4.42. The Morgan fingerprint density at radius 2 is 2.00 bits per heavy atom. The average Bonchev–Trinajstić information content (AvgIpc) is 2.87. The Kier molecular flexibility index (Phi) is 3.64. The van der Waals surface area contributed by atoms with Crippen molar-refractivity contribution in [3.63, 3.8) is 0 Å². The van der Waals surface area contributed by atoms with Crippen LogP contribution < -0.4 is 5.32 Å². The topological polar surface area (TPSA) is 37.8 Å². The van der Waals surface area contributed by atoms with Gasteiger partial charge < -0.3 is 5.32 Å². The van der Waals surface area contributed by atoms with Crippen molar-refractivity contribution in [2.75, 3.05) is 11.2 Å². The van der Waals surface area contributed by atoms with Crippen LogP contribution in [-0.4, -0.2) is 20.8 Å². The van der Waals surface area contributed by atoms with Gasteiger partial charge in [0.1, 0.15) is 5.82 Å². The highest BCUT2D eigenvalue weighted by molar-refractivity contribution is 7.09. The summed E-state index contributed by atoms with van der Waals surface area (Å²) in [6, 6.07) is 0. The van der Waals surface area contributed by atoms with Crippen LogP contribution in [0.2, 0.25) is 0 Å². The molecular weight excluding hydrogens is 254 g/mol.